The Hall–Kier alpha value is -1.30. The monoisotopic (exact) mass is 188 g/mol. The minimum absolute atomic E-state index is 1.18. The molecule has 0 saturated heterocycles. The molecule has 0 aliphatic rings. The van der Waals surface area contributed by atoms with Crippen LogP contribution in [0.2, 0.25) is 0 Å². The number of allylic oxidation sites excluding steroid dienone is 1. The van der Waals surface area contributed by atoms with Crippen LogP contribution in [-0.2, 0) is 0 Å². The number of hydrogen-bond acceptors (Lipinski definition) is 0. The highest BCUT2D eigenvalue weighted by molar-refractivity contribution is 5.58. The van der Waals surface area contributed by atoms with Crippen LogP contribution in [0.25, 0.3) is 12.2 Å². The van der Waals surface area contributed by atoms with Crippen LogP contribution in [-0.4, -0.2) is 0 Å². The summed E-state index contributed by atoms with van der Waals surface area (Å²) in [5, 5.41) is 0. The van der Waals surface area contributed by atoms with Gasteiger partial charge in [0.05, 0.1) is 0 Å². The van der Waals surface area contributed by atoms with Gasteiger partial charge in [-0.2, -0.15) is 0 Å². The molecule has 0 N–H and O–H groups in total. The minimum atomic E-state index is 1.18. The minimum Gasteiger partial charge on any atom is -0.0985 e. The zero-order chi connectivity index (χ0) is 11.0. The summed E-state index contributed by atoms with van der Waals surface area (Å²) >= 11 is 0. The third-order valence-electron chi connectivity index (χ3n) is 1.88. The van der Waals surface area contributed by atoms with Gasteiger partial charge in [0.15, 0.2) is 0 Å². The van der Waals surface area contributed by atoms with Gasteiger partial charge >= 0.3 is 0 Å². The first kappa shape index (κ1) is 12.7. The van der Waals surface area contributed by atoms with Crippen molar-refractivity contribution in [1.82, 2.24) is 0 Å². The van der Waals surface area contributed by atoms with Crippen LogP contribution in [0.1, 0.15) is 37.5 Å². The van der Waals surface area contributed by atoms with Crippen LogP contribution >= 0.6 is 0 Å². The predicted octanol–water partition coefficient (Wildman–Crippen LogP) is 4.70. The van der Waals surface area contributed by atoms with Gasteiger partial charge < -0.3 is 0 Å². The Morgan fingerprint density at radius 3 is 2.29 bits per heavy atom. The number of hydrogen-bond donors (Lipinski definition) is 0. The van der Waals surface area contributed by atoms with Crippen molar-refractivity contribution < 1.29 is 0 Å². The fourth-order valence-electron chi connectivity index (χ4n) is 1.19. The van der Waals surface area contributed by atoms with Gasteiger partial charge in [0.1, 0.15) is 0 Å². The molecule has 0 atom stereocenters. The first-order chi connectivity index (χ1) is 6.77. The second-order valence-electron chi connectivity index (χ2n) is 2.82. The molecule has 0 nitrogen and oxygen atoms in total. The van der Waals surface area contributed by atoms with E-state index in [1.165, 1.54) is 16.7 Å². The summed E-state index contributed by atoms with van der Waals surface area (Å²) in [6, 6.07) is 6.34. The van der Waals surface area contributed by atoms with Gasteiger partial charge in [-0.25, -0.2) is 0 Å². The molecule has 0 radical (unpaired) electrons. The summed E-state index contributed by atoms with van der Waals surface area (Å²) < 4.78 is 0. The maximum Gasteiger partial charge on any atom is -0.0230 e. The first-order valence-corrected chi connectivity index (χ1v) is 5.13. The molecule has 14 heavy (non-hydrogen) atoms. The van der Waals surface area contributed by atoms with E-state index in [1.807, 2.05) is 26.8 Å². The largest absolute Gasteiger partial charge is 0.0985 e. The van der Waals surface area contributed by atoms with Crippen molar-refractivity contribution in [2.75, 3.05) is 0 Å². The lowest BCUT2D eigenvalue weighted by molar-refractivity contribution is 1.43. The maximum absolute atomic E-state index is 3.73. The highest BCUT2D eigenvalue weighted by Gasteiger charge is 1.93. The van der Waals surface area contributed by atoms with Crippen LogP contribution in [0, 0.1) is 6.92 Å². The third kappa shape index (κ3) is 3.61. The van der Waals surface area contributed by atoms with Crippen molar-refractivity contribution in [2.24, 2.45) is 0 Å². The van der Waals surface area contributed by atoms with Crippen molar-refractivity contribution in [3.63, 3.8) is 0 Å². The highest BCUT2D eigenvalue weighted by atomic mass is 14.0. The van der Waals surface area contributed by atoms with Gasteiger partial charge in [0, 0.05) is 0 Å². The Labute approximate surface area is 88.0 Å². The molecule has 0 bridgehead atoms. The molecule has 0 amide bonds. The zero-order valence-electron chi connectivity index (χ0n) is 9.67. The molecule has 0 aliphatic heterocycles. The van der Waals surface area contributed by atoms with Crippen LogP contribution in [0.15, 0.2) is 30.9 Å². The fourth-order valence-corrected chi connectivity index (χ4v) is 1.19. The van der Waals surface area contributed by atoms with Crippen LogP contribution in [0.3, 0.4) is 0 Å². The van der Waals surface area contributed by atoms with E-state index in [0.717, 1.165) is 0 Å². The number of benzene rings is 1. The van der Waals surface area contributed by atoms with Crippen LogP contribution in [0.5, 0.6) is 0 Å². The van der Waals surface area contributed by atoms with Crippen molar-refractivity contribution in [1.29, 1.82) is 0 Å². The van der Waals surface area contributed by atoms with E-state index in [9.17, 15) is 0 Å². The van der Waals surface area contributed by atoms with E-state index < -0.39 is 0 Å². The van der Waals surface area contributed by atoms with E-state index in [0.29, 0.717) is 0 Å². The standard InChI is InChI=1S/C12H14.C2H6/c1-4-6-12-8-7-11(5-2)9-10(12)3;1-2/h4-9H,2H2,1,3H3;1-2H3/b6-4-;. The lowest BCUT2D eigenvalue weighted by Gasteiger charge is -2.00. The molecule has 1 rings (SSSR count). The van der Waals surface area contributed by atoms with Gasteiger partial charge in [-0.3, -0.25) is 0 Å². The summed E-state index contributed by atoms with van der Waals surface area (Å²) in [5.74, 6) is 0. The maximum atomic E-state index is 3.73. The highest BCUT2D eigenvalue weighted by Crippen LogP contribution is 2.13. The second-order valence-corrected chi connectivity index (χ2v) is 2.82. The summed E-state index contributed by atoms with van der Waals surface area (Å²) in [5.41, 5.74) is 3.76. The van der Waals surface area contributed by atoms with Crippen molar-refractivity contribution in [3.05, 3.63) is 47.5 Å². The predicted molar refractivity (Wildman–Crippen MR) is 67.3 cm³/mol. The fraction of sp³-hybridized carbons (Fsp3) is 0.286. The molecule has 76 valence electrons. The summed E-state index contributed by atoms with van der Waals surface area (Å²) in [6.07, 6.45) is 6.03. The van der Waals surface area contributed by atoms with Crippen molar-refractivity contribution >= 4 is 12.2 Å². The lowest BCUT2D eigenvalue weighted by Crippen LogP contribution is -1.81. The van der Waals surface area contributed by atoms with Crippen molar-refractivity contribution in [2.45, 2.75) is 27.7 Å². The number of rotatable bonds is 2. The molecule has 1 aromatic rings. The molecule has 0 aromatic heterocycles. The first-order valence-electron chi connectivity index (χ1n) is 5.13. The second kappa shape index (κ2) is 7.14. The van der Waals surface area contributed by atoms with Crippen molar-refractivity contribution in [3.8, 4) is 0 Å². The zero-order valence-corrected chi connectivity index (χ0v) is 9.67. The molecule has 0 fully saturated rings. The molecule has 0 saturated carbocycles. The van der Waals surface area contributed by atoms with E-state index in [1.54, 1.807) is 0 Å². The van der Waals surface area contributed by atoms with Gasteiger partial charge in [-0.1, -0.05) is 56.9 Å². The van der Waals surface area contributed by atoms with Gasteiger partial charge in [0.25, 0.3) is 0 Å². The summed E-state index contributed by atoms with van der Waals surface area (Å²) in [6.45, 7) is 11.9. The molecule has 0 heterocycles. The van der Waals surface area contributed by atoms with Crippen LogP contribution in [0.4, 0.5) is 0 Å². The Balaban J connectivity index is 0.000000791. The van der Waals surface area contributed by atoms with Gasteiger partial charge in [0.2, 0.25) is 0 Å². The smallest absolute Gasteiger partial charge is 0.0230 e. The van der Waals surface area contributed by atoms with Gasteiger partial charge in [-0.15, -0.1) is 0 Å². The molecular formula is C14H20. The van der Waals surface area contributed by atoms with E-state index in [4.69, 9.17) is 0 Å². The topological polar surface area (TPSA) is 0 Å². The number of aryl methyl sites for hydroxylation is 1. The average Bonchev–Trinajstić information content (AvgIpc) is 2.24. The Bertz CT molecular complexity index is 306. The average molecular weight is 188 g/mol. The Kier molecular flexibility index (Phi) is 6.47. The summed E-state index contributed by atoms with van der Waals surface area (Å²) in [7, 11) is 0. The normalized spacial score (nSPS) is 9.43. The van der Waals surface area contributed by atoms with Gasteiger partial charge in [-0.05, 0) is 30.5 Å². The molecule has 0 aliphatic carbocycles. The Morgan fingerprint density at radius 1 is 1.21 bits per heavy atom. The molecule has 0 unspecified atom stereocenters. The quantitative estimate of drug-likeness (QED) is 0.631. The Morgan fingerprint density at radius 2 is 1.86 bits per heavy atom. The summed E-state index contributed by atoms with van der Waals surface area (Å²) in [4.78, 5) is 0. The molecule has 0 spiro atoms. The lowest BCUT2D eigenvalue weighted by atomic mass is 10.0. The SMILES string of the molecule is C=Cc1ccc(/C=C\C)c(C)c1.CC. The van der Waals surface area contributed by atoms with E-state index >= 15 is 0 Å². The van der Waals surface area contributed by atoms with Crippen LogP contribution < -0.4 is 0 Å². The van der Waals surface area contributed by atoms with E-state index in [2.05, 4.69) is 43.9 Å². The third-order valence-corrected chi connectivity index (χ3v) is 1.88. The molecule has 0 heteroatoms. The molecular weight excluding hydrogens is 168 g/mol. The van der Waals surface area contributed by atoms with E-state index in [-0.39, 0.29) is 0 Å². The molecule has 1 aromatic carbocycles.